The lowest BCUT2D eigenvalue weighted by molar-refractivity contribution is -0.154. The lowest BCUT2D eigenvalue weighted by atomic mass is 9.91. The van der Waals surface area contributed by atoms with Gasteiger partial charge in [-0.3, -0.25) is 0 Å². The molecule has 1 saturated carbocycles. The summed E-state index contributed by atoms with van der Waals surface area (Å²) >= 11 is 0. The first-order valence-corrected chi connectivity index (χ1v) is 12.7. The molecule has 4 rings (SSSR count). The molecule has 1 fully saturated rings. The molecule has 2 heterocycles. The molecule has 188 valence electrons. The Bertz CT molecular complexity index is 1230. The Labute approximate surface area is 200 Å². The van der Waals surface area contributed by atoms with Gasteiger partial charge in [-0.25, -0.2) is 13.1 Å². The third-order valence-electron chi connectivity index (χ3n) is 5.83. The van der Waals surface area contributed by atoms with Gasteiger partial charge in [0.25, 0.3) is 0 Å². The minimum atomic E-state index is -4.49. The van der Waals surface area contributed by atoms with Crippen LogP contribution < -0.4 is 9.46 Å². The van der Waals surface area contributed by atoms with Crippen LogP contribution in [-0.4, -0.2) is 52.2 Å². The van der Waals surface area contributed by atoms with Crippen LogP contribution in [0.4, 0.5) is 13.2 Å². The van der Waals surface area contributed by atoms with Crippen molar-refractivity contribution in [2.75, 3.05) is 6.61 Å². The summed E-state index contributed by atoms with van der Waals surface area (Å²) in [6, 6.07) is 7.48. The number of sulfonamides is 1. The van der Waals surface area contributed by atoms with E-state index in [9.17, 15) is 21.6 Å². The molecule has 1 aliphatic carbocycles. The van der Waals surface area contributed by atoms with Crippen LogP contribution in [0.2, 0.25) is 0 Å². The summed E-state index contributed by atoms with van der Waals surface area (Å²) < 4.78 is 72.9. The fourth-order valence-electron chi connectivity index (χ4n) is 4.10. The normalized spacial score (nSPS) is 19.0. The maximum absolute atomic E-state index is 13.3. The van der Waals surface area contributed by atoms with Crippen molar-refractivity contribution in [3.63, 3.8) is 0 Å². The molecule has 0 spiro atoms. The van der Waals surface area contributed by atoms with Gasteiger partial charge in [-0.05, 0) is 61.9 Å². The number of alkyl halides is 3. The Balaban J connectivity index is 1.52. The molecule has 1 aromatic carbocycles. The van der Waals surface area contributed by atoms with Crippen molar-refractivity contribution in [2.45, 2.75) is 62.2 Å². The number of benzene rings is 1. The van der Waals surface area contributed by atoms with Crippen LogP contribution in [0.3, 0.4) is 0 Å². The van der Waals surface area contributed by atoms with Crippen molar-refractivity contribution in [3.8, 4) is 17.1 Å². The molecule has 0 radical (unpaired) electrons. The van der Waals surface area contributed by atoms with E-state index in [0.717, 1.165) is 24.8 Å². The molecule has 0 amide bonds. The average molecular weight is 511 g/mol. The molecular weight excluding hydrogens is 485 g/mol. The molecule has 3 aromatic rings. The van der Waals surface area contributed by atoms with E-state index in [0.29, 0.717) is 24.1 Å². The summed E-state index contributed by atoms with van der Waals surface area (Å²) in [5, 5.41) is 15.3. The van der Waals surface area contributed by atoms with E-state index in [4.69, 9.17) is 0 Å². The third-order valence-corrected chi connectivity index (χ3v) is 7.33. The number of aryl methyl sites for hydroxylation is 1. The molecule has 1 aliphatic rings. The van der Waals surface area contributed by atoms with Gasteiger partial charge in [0.1, 0.15) is 12.7 Å². The van der Waals surface area contributed by atoms with Gasteiger partial charge in [0, 0.05) is 23.7 Å². The highest BCUT2D eigenvalue weighted by atomic mass is 32.2. The number of aromatic nitrogens is 5. The smallest absolute Gasteiger partial charge is 0.422 e. The molecule has 0 saturated heterocycles. The number of nitrogens with zero attached hydrogens (tertiary/aromatic N) is 5. The summed E-state index contributed by atoms with van der Waals surface area (Å²) in [6.45, 7) is 0.424. The zero-order valence-corrected chi connectivity index (χ0v) is 19.8. The molecule has 1 N–H and O–H groups in total. The van der Waals surface area contributed by atoms with Crippen molar-refractivity contribution in [1.82, 2.24) is 29.7 Å². The average Bonchev–Trinajstić information content (AvgIpc) is 3.37. The number of ether oxygens (including phenoxy) is 1. The highest BCUT2D eigenvalue weighted by Gasteiger charge is 2.29. The van der Waals surface area contributed by atoms with Gasteiger partial charge in [-0.1, -0.05) is 6.92 Å². The van der Waals surface area contributed by atoms with Crippen LogP contribution >= 0.6 is 0 Å². The maximum Gasteiger partial charge on any atom is 0.422 e. The van der Waals surface area contributed by atoms with Crippen LogP contribution in [0.25, 0.3) is 11.3 Å². The monoisotopic (exact) mass is 510 g/mol. The van der Waals surface area contributed by atoms with E-state index >= 15 is 0 Å². The highest BCUT2D eigenvalue weighted by molar-refractivity contribution is 7.89. The van der Waals surface area contributed by atoms with E-state index < -0.39 is 22.8 Å². The van der Waals surface area contributed by atoms with E-state index in [1.807, 2.05) is 11.5 Å². The molecule has 0 unspecified atom stereocenters. The zero-order valence-electron chi connectivity index (χ0n) is 18.9. The number of nitrogens with one attached hydrogen (secondary N) is 1. The summed E-state index contributed by atoms with van der Waals surface area (Å²) in [5.74, 6) is -0.271. The van der Waals surface area contributed by atoms with Crippen molar-refractivity contribution in [2.24, 2.45) is 0 Å². The Morgan fingerprint density at radius 3 is 2.54 bits per heavy atom. The molecule has 0 bridgehead atoms. The Morgan fingerprint density at radius 1 is 1.11 bits per heavy atom. The van der Waals surface area contributed by atoms with Gasteiger partial charge in [-0.2, -0.15) is 13.2 Å². The van der Waals surface area contributed by atoms with E-state index in [1.54, 1.807) is 24.8 Å². The lowest BCUT2D eigenvalue weighted by Gasteiger charge is -2.30. The van der Waals surface area contributed by atoms with Crippen LogP contribution in [0.1, 0.15) is 44.2 Å². The Kier molecular flexibility index (Phi) is 7.36. The first-order chi connectivity index (χ1) is 16.6. The Morgan fingerprint density at radius 2 is 1.89 bits per heavy atom. The number of rotatable bonds is 8. The van der Waals surface area contributed by atoms with Gasteiger partial charge >= 0.3 is 6.18 Å². The molecule has 35 heavy (non-hydrogen) atoms. The predicted molar refractivity (Wildman–Crippen MR) is 120 cm³/mol. The van der Waals surface area contributed by atoms with Gasteiger partial charge in [-0.15, -0.1) is 20.4 Å². The second-order valence-electron chi connectivity index (χ2n) is 8.43. The van der Waals surface area contributed by atoms with Crippen LogP contribution in [-0.2, 0) is 16.4 Å². The Hall–Kier alpha value is -3.06. The van der Waals surface area contributed by atoms with Crippen molar-refractivity contribution < 1.29 is 26.3 Å². The predicted octanol–water partition coefficient (Wildman–Crippen LogP) is 3.70. The minimum absolute atomic E-state index is 0.0949. The maximum atomic E-state index is 13.3. The summed E-state index contributed by atoms with van der Waals surface area (Å²) in [6.07, 6.45) is 2.51. The van der Waals surface area contributed by atoms with Gasteiger partial charge < -0.3 is 9.30 Å². The minimum Gasteiger partial charge on any atom is -0.467 e. The number of halogens is 3. The van der Waals surface area contributed by atoms with Crippen molar-refractivity contribution in [3.05, 3.63) is 48.5 Å². The van der Waals surface area contributed by atoms with Crippen LogP contribution in [0.15, 0.2) is 47.9 Å². The van der Waals surface area contributed by atoms with Crippen LogP contribution in [0, 0.1) is 0 Å². The first-order valence-electron chi connectivity index (χ1n) is 11.2. The lowest BCUT2D eigenvalue weighted by Crippen LogP contribution is -2.38. The molecule has 13 heteroatoms. The summed E-state index contributed by atoms with van der Waals surface area (Å²) in [5.41, 5.74) is 1.58. The summed E-state index contributed by atoms with van der Waals surface area (Å²) in [4.78, 5) is 0.0949. The quantitative estimate of drug-likeness (QED) is 0.492. The fraction of sp³-hybridized carbons (Fsp3) is 0.455. The molecule has 2 atom stereocenters. The number of hydrogen-bond acceptors (Lipinski definition) is 7. The second-order valence-corrected chi connectivity index (χ2v) is 10.1. The van der Waals surface area contributed by atoms with Gasteiger partial charge in [0.15, 0.2) is 6.61 Å². The molecular formula is C22H25F3N6O3S. The van der Waals surface area contributed by atoms with Gasteiger partial charge in [0.05, 0.1) is 10.6 Å². The van der Waals surface area contributed by atoms with Crippen molar-refractivity contribution >= 4 is 10.0 Å². The first kappa shape index (κ1) is 25.0. The zero-order chi connectivity index (χ0) is 25.1. The molecule has 2 aromatic heterocycles. The van der Waals surface area contributed by atoms with E-state index in [-0.39, 0.29) is 22.9 Å². The SMILES string of the molecule is CCc1cc(-c2ccc(OCC(F)(F)F)nn2)cc(S(=O)(=O)N[C@H]2CCC[C@@H](n3cnnc3)C2)c1. The van der Waals surface area contributed by atoms with Crippen LogP contribution in [0.5, 0.6) is 5.88 Å². The standard InChI is InChI=1S/C22H25F3N6O3S/c1-2-15-8-16(20-6-7-21(29-28-20)34-12-22(23,24)25)10-19(9-15)35(32,33)30-17-4-3-5-18(11-17)31-13-26-27-14-31/h6-10,13-14,17-18,30H,2-5,11-12H2,1H3/t17-,18+/m0/s1. The topological polar surface area (TPSA) is 112 Å². The third kappa shape index (κ3) is 6.54. The van der Waals surface area contributed by atoms with E-state index in [1.165, 1.54) is 18.2 Å². The second kappa shape index (κ2) is 10.3. The largest absolute Gasteiger partial charge is 0.467 e. The van der Waals surface area contributed by atoms with Crippen molar-refractivity contribution in [1.29, 1.82) is 0 Å². The molecule has 0 aliphatic heterocycles. The number of hydrogen-bond donors (Lipinski definition) is 1. The highest BCUT2D eigenvalue weighted by Crippen LogP contribution is 2.30. The fourth-order valence-corrected chi connectivity index (χ4v) is 5.48. The van der Waals surface area contributed by atoms with Gasteiger partial charge in [0.2, 0.25) is 15.9 Å². The summed E-state index contributed by atoms with van der Waals surface area (Å²) in [7, 11) is -3.84. The van der Waals surface area contributed by atoms with E-state index in [2.05, 4.69) is 29.9 Å². The molecule has 9 nitrogen and oxygen atoms in total.